The number of methoxy groups -OCH3 is 2. The third-order valence-electron chi connectivity index (χ3n) is 2.20. The maximum atomic E-state index is 6.06. The number of rotatable bonds is 4. The Morgan fingerprint density at radius 1 is 1.19 bits per heavy atom. The van der Waals surface area contributed by atoms with E-state index in [1.165, 1.54) is 0 Å². The van der Waals surface area contributed by atoms with Crippen molar-refractivity contribution in [1.29, 1.82) is 0 Å². The van der Waals surface area contributed by atoms with Gasteiger partial charge in [-0.15, -0.1) is 0 Å². The molecule has 0 aromatic heterocycles. The first-order valence-corrected chi connectivity index (χ1v) is 5.49. The number of hydrogen-bond acceptors (Lipinski definition) is 3. The molecule has 0 aliphatic rings. The third kappa shape index (κ3) is 2.80. The molecule has 0 aliphatic heterocycles. The summed E-state index contributed by atoms with van der Waals surface area (Å²) in [6, 6.07) is 3.44. The molecular formula is C11H15Cl2NO2. The van der Waals surface area contributed by atoms with Crippen molar-refractivity contribution < 1.29 is 9.47 Å². The molecule has 0 aliphatic carbocycles. The maximum absolute atomic E-state index is 6.06. The van der Waals surface area contributed by atoms with Crippen LogP contribution in [0.25, 0.3) is 0 Å². The minimum Gasteiger partial charge on any atom is -0.495 e. The van der Waals surface area contributed by atoms with Crippen LogP contribution in [0.1, 0.15) is 11.8 Å². The van der Waals surface area contributed by atoms with Gasteiger partial charge >= 0.3 is 0 Å². The predicted molar refractivity (Wildman–Crippen MR) is 66.5 cm³/mol. The highest BCUT2D eigenvalue weighted by Crippen LogP contribution is 2.37. The first-order valence-electron chi connectivity index (χ1n) is 4.73. The van der Waals surface area contributed by atoms with E-state index in [0.29, 0.717) is 15.8 Å². The number of benzene rings is 1. The van der Waals surface area contributed by atoms with E-state index in [0.717, 1.165) is 5.56 Å². The van der Waals surface area contributed by atoms with Crippen LogP contribution in [0.3, 0.4) is 0 Å². The molecule has 0 radical (unpaired) electrons. The second-order valence-electron chi connectivity index (χ2n) is 3.56. The van der Waals surface area contributed by atoms with Gasteiger partial charge in [-0.05, 0) is 26.2 Å². The molecule has 0 heterocycles. The Hall–Kier alpha value is -0.480. The second-order valence-corrected chi connectivity index (χ2v) is 4.41. The van der Waals surface area contributed by atoms with Gasteiger partial charge < -0.3 is 9.47 Å². The molecule has 1 atom stereocenters. The summed E-state index contributed by atoms with van der Waals surface area (Å²) in [7, 11) is 7.00. The average Bonchev–Trinajstić information content (AvgIpc) is 2.17. The van der Waals surface area contributed by atoms with Crippen molar-refractivity contribution in [3.8, 4) is 5.75 Å². The molecule has 90 valence electrons. The molecule has 0 saturated carbocycles. The minimum absolute atomic E-state index is 0.244. The molecule has 0 spiro atoms. The van der Waals surface area contributed by atoms with Gasteiger partial charge in [0, 0.05) is 17.7 Å². The fraction of sp³-hybridized carbons (Fsp3) is 0.455. The summed E-state index contributed by atoms with van der Waals surface area (Å²) in [6.45, 7) is 0. The summed E-state index contributed by atoms with van der Waals surface area (Å²) in [4.78, 5) is 1.91. The standard InChI is InChI=1S/C11H15Cl2NO2/c1-14(2)11(16-4)8-5-7(12)6-9(13)10(8)15-3/h5-6,11H,1-4H3. The summed E-state index contributed by atoms with van der Waals surface area (Å²) < 4.78 is 10.6. The molecule has 0 saturated heterocycles. The highest BCUT2D eigenvalue weighted by atomic mass is 35.5. The van der Waals surface area contributed by atoms with E-state index in [9.17, 15) is 0 Å². The Bertz CT molecular complexity index is 369. The Balaban J connectivity index is 3.29. The number of ether oxygens (including phenoxy) is 2. The van der Waals surface area contributed by atoms with Gasteiger partial charge in [0.25, 0.3) is 0 Å². The Morgan fingerprint density at radius 3 is 2.25 bits per heavy atom. The second kappa shape index (κ2) is 5.73. The third-order valence-corrected chi connectivity index (χ3v) is 2.70. The van der Waals surface area contributed by atoms with Crippen LogP contribution in [0.2, 0.25) is 10.0 Å². The molecule has 0 amide bonds. The molecule has 1 aromatic rings. The van der Waals surface area contributed by atoms with Crippen molar-refractivity contribution in [2.45, 2.75) is 6.23 Å². The zero-order valence-corrected chi connectivity index (χ0v) is 11.3. The lowest BCUT2D eigenvalue weighted by Crippen LogP contribution is -2.22. The van der Waals surface area contributed by atoms with Crippen molar-refractivity contribution in [1.82, 2.24) is 4.90 Å². The summed E-state index contributed by atoms with van der Waals surface area (Å²) in [6.07, 6.45) is -0.244. The van der Waals surface area contributed by atoms with E-state index >= 15 is 0 Å². The topological polar surface area (TPSA) is 21.7 Å². The lowest BCUT2D eigenvalue weighted by atomic mass is 10.1. The normalized spacial score (nSPS) is 12.9. The van der Waals surface area contributed by atoms with Gasteiger partial charge in [0.15, 0.2) is 0 Å². The molecule has 1 rings (SSSR count). The minimum atomic E-state index is -0.244. The Morgan fingerprint density at radius 2 is 1.81 bits per heavy atom. The van der Waals surface area contributed by atoms with Gasteiger partial charge in [-0.2, -0.15) is 0 Å². The van der Waals surface area contributed by atoms with Crippen LogP contribution in [0.4, 0.5) is 0 Å². The number of nitrogens with zero attached hydrogens (tertiary/aromatic N) is 1. The van der Waals surface area contributed by atoms with E-state index in [2.05, 4.69) is 0 Å². The van der Waals surface area contributed by atoms with Crippen LogP contribution >= 0.6 is 23.2 Å². The summed E-state index contributed by atoms with van der Waals surface area (Å²) in [5, 5.41) is 1.04. The van der Waals surface area contributed by atoms with Crippen LogP contribution in [-0.4, -0.2) is 33.2 Å². The fourth-order valence-corrected chi connectivity index (χ4v) is 2.18. The van der Waals surface area contributed by atoms with E-state index in [1.807, 2.05) is 19.0 Å². The Kier molecular flexibility index (Phi) is 4.87. The van der Waals surface area contributed by atoms with Crippen LogP contribution in [0, 0.1) is 0 Å². The molecular weight excluding hydrogens is 249 g/mol. The molecule has 5 heteroatoms. The highest BCUT2D eigenvalue weighted by Gasteiger charge is 2.20. The number of halogens is 2. The van der Waals surface area contributed by atoms with Crippen molar-refractivity contribution in [2.24, 2.45) is 0 Å². The van der Waals surface area contributed by atoms with E-state index in [1.54, 1.807) is 26.4 Å². The van der Waals surface area contributed by atoms with Crippen LogP contribution in [-0.2, 0) is 4.74 Å². The lowest BCUT2D eigenvalue weighted by Gasteiger charge is -2.25. The lowest BCUT2D eigenvalue weighted by molar-refractivity contribution is -0.00692. The highest BCUT2D eigenvalue weighted by molar-refractivity contribution is 6.35. The quantitative estimate of drug-likeness (QED) is 0.779. The molecule has 3 nitrogen and oxygen atoms in total. The monoisotopic (exact) mass is 263 g/mol. The molecule has 0 bridgehead atoms. The van der Waals surface area contributed by atoms with Gasteiger partial charge in [-0.25, -0.2) is 0 Å². The van der Waals surface area contributed by atoms with Crippen molar-refractivity contribution in [3.63, 3.8) is 0 Å². The van der Waals surface area contributed by atoms with Crippen LogP contribution < -0.4 is 4.74 Å². The van der Waals surface area contributed by atoms with Gasteiger partial charge in [-0.1, -0.05) is 23.2 Å². The smallest absolute Gasteiger partial charge is 0.144 e. The SMILES string of the molecule is COc1c(Cl)cc(Cl)cc1C(OC)N(C)C. The van der Waals surface area contributed by atoms with E-state index in [4.69, 9.17) is 32.7 Å². The van der Waals surface area contributed by atoms with Crippen molar-refractivity contribution in [3.05, 3.63) is 27.7 Å². The van der Waals surface area contributed by atoms with Crippen LogP contribution in [0.5, 0.6) is 5.75 Å². The van der Waals surface area contributed by atoms with Crippen molar-refractivity contribution in [2.75, 3.05) is 28.3 Å². The fourth-order valence-electron chi connectivity index (χ4n) is 1.60. The number of hydrogen-bond donors (Lipinski definition) is 0. The van der Waals surface area contributed by atoms with Crippen LogP contribution in [0.15, 0.2) is 12.1 Å². The van der Waals surface area contributed by atoms with E-state index in [-0.39, 0.29) is 6.23 Å². The van der Waals surface area contributed by atoms with Crippen molar-refractivity contribution >= 4 is 23.2 Å². The molecule has 1 aromatic carbocycles. The predicted octanol–water partition coefficient (Wildman–Crippen LogP) is 3.21. The largest absolute Gasteiger partial charge is 0.495 e. The summed E-state index contributed by atoms with van der Waals surface area (Å²) in [5.41, 5.74) is 0.813. The summed E-state index contributed by atoms with van der Waals surface area (Å²) >= 11 is 12.0. The van der Waals surface area contributed by atoms with E-state index < -0.39 is 0 Å². The molecule has 16 heavy (non-hydrogen) atoms. The van der Waals surface area contributed by atoms with Gasteiger partial charge in [0.05, 0.1) is 12.1 Å². The van der Waals surface area contributed by atoms with Gasteiger partial charge in [-0.3, -0.25) is 4.90 Å². The zero-order chi connectivity index (χ0) is 12.3. The average molecular weight is 264 g/mol. The maximum Gasteiger partial charge on any atom is 0.144 e. The molecule has 0 N–H and O–H groups in total. The first kappa shape index (κ1) is 13.6. The van der Waals surface area contributed by atoms with Gasteiger partial charge in [0.2, 0.25) is 0 Å². The van der Waals surface area contributed by atoms with Gasteiger partial charge in [0.1, 0.15) is 12.0 Å². The summed E-state index contributed by atoms with van der Waals surface area (Å²) in [5.74, 6) is 0.589. The zero-order valence-electron chi connectivity index (χ0n) is 9.75. The molecule has 0 fully saturated rings. The first-order chi connectivity index (χ1) is 7.51. The molecule has 1 unspecified atom stereocenters. The Labute approximate surface area is 106 Å².